The van der Waals surface area contributed by atoms with E-state index in [0.29, 0.717) is 5.56 Å². The molecule has 1 aliphatic heterocycles. The maximum atomic E-state index is 13.6. The molecule has 21 heavy (non-hydrogen) atoms. The molecule has 2 rings (SSSR count). The summed E-state index contributed by atoms with van der Waals surface area (Å²) in [7, 11) is 0. The summed E-state index contributed by atoms with van der Waals surface area (Å²) in [6.45, 7) is 7.01. The zero-order valence-corrected chi connectivity index (χ0v) is 13.0. The third kappa shape index (κ3) is 4.32. The SMILES string of the molecule is C=C[C@H](c1cc(C#N)cc(F)c1O)N1CCNCC1.Cl.Cl. The highest BCUT2D eigenvalue weighted by Gasteiger charge is 2.24. The van der Waals surface area contributed by atoms with Crippen LogP contribution in [-0.2, 0) is 0 Å². The Bertz CT molecular complexity index is 528. The smallest absolute Gasteiger partial charge is 0.166 e. The van der Waals surface area contributed by atoms with Crippen LogP contribution in [0.1, 0.15) is 17.2 Å². The van der Waals surface area contributed by atoms with E-state index in [1.165, 1.54) is 6.07 Å². The van der Waals surface area contributed by atoms with Gasteiger partial charge in [0.15, 0.2) is 11.6 Å². The second-order valence-corrected chi connectivity index (χ2v) is 4.47. The molecule has 0 radical (unpaired) electrons. The van der Waals surface area contributed by atoms with Gasteiger partial charge in [0, 0.05) is 31.7 Å². The van der Waals surface area contributed by atoms with Gasteiger partial charge in [-0.25, -0.2) is 4.39 Å². The number of hydrogen-bond donors (Lipinski definition) is 2. The van der Waals surface area contributed by atoms with Crippen LogP contribution in [0.5, 0.6) is 5.75 Å². The molecule has 7 heteroatoms. The van der Waals surface area contributed by atoms with E-state index in [0.717, 1.165) is 32.2 Å². The molecule has 0 bridgehead atoms. The Labute approximate surface area is 136 Å². The van der Waals surface area contributed by atoms with Crippen molar-refractivity contribution in [3.05, 3.63) is 41.7 Å². The van der Waals surface area contributed by atoms with Gasteiger partial charge in [0.1, 0.15) is 0 Å². The Morgan fingerprint density at radius 3 is 2.52 bits per heavy atom. The van der Waals surface area contributed by atoms with E-state index in [1.807, 2.05) is 6.07 Å². The molecule has 1 aromatic rings. The van der Waals surface area contributed by atoms with E-state index in [1.54, 1.807) is 6.08 Å². The van der Waals surface area contributed by atoms with Crippen LogP contribution in [0.15, 0.2) is 24.8 Å². The number of halogens is 3. The van der Waals surface area contributed by atoms with E-state index in [4.69, 9.17) is 5.26 Å². The average molecular weight is 334 g/mol. The van der Waals surface area contributed by atoms with Gasteiger partial charge in [0.25, 0.3) is 0 Å². The van der Waals surface area contributed by atoms with Gasteiger partial charge in [0.05, 0.1) is 17.7 Å². The summed E-state index contributed by atoms with van der Waals surface area (Å²) in [5.41, 5.74) is 0.598. The molecule has 0 aromatic heterocycles. The number of piperazine rings is 1. The van der Waals surface area contributed by atoms with Crippen molar-refractivity contribution in [1.29, 1.82) is 5.26 Å². The van der Waals surface area contributed by atoms with E-state index in [-0.39, 0.29) is 36.4 Å². The van der Waals surface area contributed by atoms with E-state index in [2.05, 4.69) is 16.8 Å². The zero-order valence-electron chi connectivity index (χ0n) is 11.4. The molecule has 1 aliphatic rings. The minimum absolute atomic E-state index is 0. The monoisotopic (exact) mass is 333 g/mol. The molecule has 0 aliphatic carbocycles. The quantitative estimate of drug-likeness (QED) is 0.834. The summed E-state index contributed by atoms with van der Waals surface area (Å²) < 4.78 is 13.6. The van der Waals surface area contributed by atoms with Crippen LogP contribution in [0.25, 0.3) is 0 Å². The van der Waals surface area contributed by atoms with Gasteiger partial charge in [-0.3, -0.25) is 4.90 Å². The van der Waals surface area contributed by atoms with Crippen molar-refractivity contribution >= 4 is 24.8 Å². The van der Waals surface area contributed by atoms with Crippen LogP contribution < -0.4 is 5.32 Å². The predicted octanol–water partition coefficient (Wildman–Crippen LogP) is 2.38. The zero-order chi connectivity index (χ0) is 13.8. The van der Waals surface area contributed by atoms with Gasteiger partial charge in [-0.15, -0.1) is 31.4 Å². The molecule has 0 unspecified atom stereocenters. The number of phenols is 1. The van der Waals surface area contributed by atoms with Crippen molar-refractivity contribution in [2.45, 2.75) is 6.04 Å². The third-order valence-electron chi connectivity index (χ3n) is 3.31. The first-order chi connectivity index (χ1) is 9.17. The second-order valence-electron chi connectivity index (χ2n) is 4.47. The van der Waals surface area contributed by atoms with E-state index < -0.39 is 11.6 Å². The summed E-state index contributed by atoms with van der Waals surface area (Å²) in [5, 5.41) is 22.0. The van der Waals surface area contributed by atoms with Crippen molar-refractivity contribution in [3.8, 4) is 11.8 Å². The Hall–Kier alpha value is -1.32. The minimum atomic E-state index is -0.768. The van der Waals surface area contributed by atoms with Crippen molar-refractivity contribution < 1.29 is 9.50 Å². The number of phenolic OH excluding ortho intramolecular Hbond substituents is 1. The standard InChI is InChI=1S/C14H16FN3O.2ClH/c1-2-13(18-5-3-17-4-6-18)11-7-10(9-16)8-12(15)14(11)19;;/h2,7-8,13,17,19H,1,3-6H2;2*1H/t13-;;/m1../s1. The molecule has 4 nitrogen and oxygen atoms in total. The molecule has 0 spiro atoms. The van der Waals surface area contributed by atoms with E-state index >= 15 is 0 Å². The van der Waals surface area contributed by atoms with Gasteiger partial charge >= 0.3 is 0 Å². The molecule has 1 atom stereocenters. The second kappa shape index (κ2) is 8.85. The van der Waals surface area contributed by atoms with E-state index in [9.17, 15) is 9.50 Å². The Kier molecular flexibility index (Phi) is 8.30. The highest BCUT2D eigenvalue weighted by atomic mass is 35.5. The van der Waals surface area contributed by atoms with Crippen molar-refractivity contribution in [1.82, 2.24) is 10.2 Å². The largest absolute Gasteiger partial charge is 0.505 e. The molecular formula is C14H18Cl2FN3O. The molecule has 1 saturated heterocycles. The lowest BCUT2D eigenvalue weighted by Gasteiger charge is -2.33. The van der Waals surface area contributed by atoms with Gasteiger partial charge in [-0.1, -0.05) is 6.08 Å². The van der Waals surface area contributed by atoms with Crippen LogP contribution in [-0.4, -0.2) is 36.2 Å². The third-order valence-corrected chi connectivity index (χ3v) is 3.31. The summed E-state index contributed by atoms with van der Waals surface area (Å²) in [6.07, 6.45) is 1.67. The summed E-state index contributed by atoms with van der Waals surface area (Å²) in [6, 6.07) is 4.17. The number of nitrogens with one attached hydrogen (secondary N) is 1. The fraction of sp³-hybridized carbons (Fsp3) is 0.357. The molecule has 0 amide bonds. The average Bonchev–Trinajstić information content (AvgIpc) is 2.45. The summed E-state index contributed by atoms with van der Waals surface area (Å²) in [4.78, 5) is 2.10. The molecule has 1 aromatic carbocycles. The molecule has 116 valence electrons. The number of nitrogens with zero attached hydrogens (tertiary/aromatic N) is 2. The first-order valence-electron chi connectivity index (χ1n) is 6.17. The number of rotatable bonds is 3. The van der Waals surface area contributed by atoms with Gasteiger partial charge in [-0.05, 0) is 12.1 Å². The lowest BCUT2D eigenvalue weighted by molar-refractivity contribution is 0.200. The Balaban J connectivity index is 0.00000200. The van der Waals surface area contributed by atoms with Crippen molar-refractivity contribution in [3.63, 3.8) is 0 Å². The fourth-order valence-corrected chi connectivity index (χ4v) is 2.34. The van der Waals surface area contributed by atoms with Crippen LogP contribution in [0, 0.1) is 17.1 Å². The lowest BCUT2D eigenvalue weighted by Crippen LogP contribution is -2.44. The number of nitriles is 1. The van der Waals surface area contributed by atoms with Crippen LogP contribution in [0.4, 0.5) is 4.39 Å². The molecule has 2 N–H and O–H groups in total. The summed E-state index contributed by atoms with van der Waals surface area (Å²) in [5.74, 6) is -1.17. The topological polar surface area (TPSA) is 59.3 Å². The Morgan fingerprint density at radius 1 is 1.38 bits per heavy atom. The van der Waals surface area contributed by atoms with Crippen molar-refractivity contribution in [2.75, 3.05) is 26.2 Å². The van der Waals surface area contributed by atoms with Gasteiger partial charge < -0.3 is 10.4 Å². The van der Waals surface area contributed by atoms with Crippen LogP contribution >= 0.6 is 24.8 Å². The van der Waals surface area contributed by atoms with Crippen molar-refractivity contribution in [2.24, 2.45) is 0 Å². The number of hydrogen-bond acceptors (Lipinski definition) is 4. The number of aromatic hydroxyl groups is 1. The molecule has 1 heterocycles. The first-order valence-corrected chi connectivity index (χ1v) is 6.17. The fourth-order valence-electron chi connectivity index (χ4n) is 2.34. The van der Waals surface area contributed by atoms with Crippen LogP contribution in [0.2, 0.25) is 0 Å². The highest BCUT2D eigenvalue weighted by molar-refractivity contribution is 5.85. The van der Waals surface area contributed by atoms with Gasteiger partial charge in [-0.2, -0.15) is 5.26 Å². The Morgan fingerprint density at radius 2 is 2.00 bits per heavy atom. The lowest BCUT2D eigenvalue weighted by atomic mass is 10.0. The highest BCUT2D eigenvalue weighted by Crippen LogP contribution is 2.32. The maximum Gasteiger partial charge on any atom is 0.166 e. The van der Waals surface area contributed by atoms with Crippen LogP contribution in [0.3, 0.4) is 0 Å². The van der Waals surface area contributed by atoms with Gasteiger partial charge in [0.2, 0.25) is 0 Å². The predicted molar refractivity (Wildman–Crippen MR) is 84.7 cm³/mol. The molecular weight excluding hydrogens is 316 g/mol. The molecule has 1 fully saturated rings. The maximum absolute atomic E-state index is 13.6. The normalized spacial score (nSPS) is 16.0. The number of benzene rings is 1. The summed E-state index contributed by atoms with van der Waals surface area (Å²) >= 11 is 0. The minimum Gasteiger partial charge on any atom is -0.505 e. The first kappa shape index (κ1) is 19.7. The molecule has 0 saturated carbocycles.